The van der Waals surface area contributed by atoms with Gasteiger partial charge in [0.25, 0.3) is 0 Å². The van der Waals surface area contributed by atoms with Crippen LogP contribution in [0, 0.1) is 0 Å². The van der Waals surface area contributed by atoms with Crippen LogP contribution >= 0.6 is 0 Å². The van der Waals surface area contributed by atoms with Crippen molar-refractivity contribution in [1.82, 2.24) is 19.7 Å². The van der Waals surface area contributed by atoms with Crippen molar-refractivity contribution >= 4 is 0 Å². The Morgan fingerprint density at radius 2 is 1.77 bits per heavy atom. The summed E-state index contributed by atoms with van der Waals surface area (Å²) < 4.78 is 2.43. The van der Waals surface area contributed by atoms with E-state index < -0.39 is 0 Å². The van der Waals surface area contributed by atoms with E-state index in [0.717, 1.165) is 37.3 Å². The van der Waals surface area contributed by atoms with Crippen molar-refractivity contribution < 1.29 is 0 Å². The zero-order chi connectivity index (χ0) is 17.4. The van der Waals surface area contributed by atoms with Crippen LogP contribution in [0.2, 0.25) is 0 Å². The van der Waals surface area contributed by atoms with Gasteiger partial charge in [0.15, 0.2) is 0 Å². The average Bonchev–Trinajstić information content (AvgIpc) is 3.42. The summed E-state index contributed by atoms with van der Waals surface area (Å²) in [4.78, 5) is 4.70. The maximum atomic E-state index is 4.73. The second-order valence-electron chi connectivity index (χ2n) is 7.69. The molecule has 2 aromatic heterocycles. The summed E-state index contributed by atoms with van der Waals surface area (Å²) in [5.74, 6) is 2.94. The SMILES string of the molecule is c1ccc(CCn2c(C3CC3)nnc2C2(c3ccccn3)CCC2)cc1. The summed E-state index contributed by atoms with van der Waals surface area (Å²) in [7, 11) is 0. The number of pyridine rings is 1. The monoisotopic (exact) mass is 344 g/mol. The third-order valence-corrected chi connectivity index (χ3v) is 5.98. The van der Waals surface area contributed by atoms with E-state index in [2.05, 4.69) is 52.1 Å². The second-order valence-corrected chi connectivity index (χ2v) is 7.69. The van der Waals surface area contributed by atoms with Crippen LogP contribution in [0.5, 0.6) is 0 Å². The molecular weight excluding hydrogens is 320 g/mol. The number of nitrogens with zero attached hydrogens (tertiary/aromatic N) is 4. The predicted molar refractivity (Wildman–Crippen MR) is 101 cm³/mol. The molecular formula is C22H24N4. The summed E-state index contributed by atoms with van der Waals surface area (Å²) >= 11 is 0. The molecule has 0 aliphatic heterocycles. The normalized spacial score (nSPS) is 18.5. The Balaban J connectivity index is 1.52. The van der Waals surface area contributed by atoms with Gasteiger partial charge >= 0.3 is 0 Å². The number of benzene rings is 1. The van der Waals surface area contributed by atoms with Crippen molar-refractivity contribution in [1.29, 1.82) is 0 Å². The fourth-order valence-corrected chi connectivity index (χ4v) is 4.19. The van der Waals surface area contributed by atoms with E-state index in [9.17, 15) is 0 Å². The molecule has 3 aromatic rings. The molecule has 0 unspecified atom stereocenters. The van der Waals surface area contributed by atoms with E-state index >= 15 is 0 Å². The lowest BCUT2D eigenvalue weighted by atomic mass is 9.65. The Morgan fingerprint density at radius 3 is 2.42 bits per heavy atom. The van der Waals surface area contributed by atoms with E-state index in [4.69, 9.17) is 10.1 Å². The highest BCUT2D eigenvalue weighted by Gasteiger charge is 2.46. The van der Waals surface area contributed by atoms with Crippen LogP contribution in [-0.2, 0) is 18.4 Å². The number of aryl methyl sites for hydroxylation is 1. The van der Waals surface area contributed by atoms with Crippen molar-refractivity contribution in [2.24, 2.45) is 0 Å². The van der Waals surface area contributed by atoms with Gasteiger partial charge in [-0.05, 0) is 49.8 Å². The van der Waals surface area contributed by atoms with Gasteiger partial charge in [0.1, 0.15) is 11.6 Å². The van der Waals surface area contributed by atoms with Crippen LogP contribution in [0.4, 0.5) is 0 Å². The first-order chi connectivity index (χ1) is 12.9. The van der Waals surface area contributed by atoms with E-state index in [1.54, 1.807) is 0 Å². The summed E-state index contributed by atoms with van der Waals surface area (Å²) in [6.07, 6.45) is 8.91. The van der Waals surface area contributed by atoms with Gasteiger partial charge in [-0.15, -0.1) is 10.2 Å². The predicted octanol–water partition coefficient (Wildman–Crippen LogP) is 4.26. The smallest absolute Gasteiger partial charge is 0.145 e. The maximum Gasteiger partial charge on any atom is 0.145 e. The molecule has 0 bridgehead atoms. The number of aromatic nitrogens is 4. The van der Waals surface area contributed by atoms with Crippen LogP contribution in [-0.4, -0.2) is 19.7 Å². The van der Waals surface area contributed by atoms with Gasteiger partial charge < -0.3 is 4.57 Å². The molecule has 2 saturated carbocycles. The minimum Gasteiger partial charge on any atom is -0.314 e. The Labute approximate surface area is 154 Å². The highest BCUT2D eigenvalue weighted by Crippen LogP contribution is 2.49. The van der Waals surface area contributed by atoms with Gasteiger partial charge in [0.2, 0.25) is 0 Å². The standard InChI is InChI=1S/C22H24N4/c1-2-7-17(8-3-1)12-16-26-20(18-10-11-18)24-25-21(26)22(13-6-14-22)19-9-4-5-15-23-19/h1-5,7-9,15,18H,6,10-14,16H2. The van der Waals surface area contributed by atoms with Gasteiger partial charge in [0.05, 0.1) is 11.1 Å². The number of hydrogen-bond acceptors (Lipinski definition) is 3. The van der Waals surface area contributed by atoms with Crippen molar-refractivity contribution in [2.75, 3.05) is 0 Å². The molecule has 0 spiro atoms. The molecule has 26 heavy (non-hydrogen) atoms. The number of hydrogen-bond donors (Lipinski definition) is 0. The molecule has 132 valence electrons. The molecule has 2 fully saturated rings. The Bertz CT molecular complexity index is 877. The summed E-state index contributed by atoms with van der Waals surface area (Å²) in [6.45, 7) is 0.951. The highest BCUT2D eigenvalue weighted by atomic mass is 15.3. The molecule has 1 aromatic carbocycles. The van der Waals surface area contributed by atoms with Crippen LogP contribution in [0.15, 0.2) is 54.7 Å². The Morgan fingerprint density at radius 1 is 0.962 bits per heavy atom. The lowest BCUT2D eigenvalue weighted by molar-refractivity contribution is 0.267. The molecule has 4 heteroatoms. The van der Waals surface area contributed by atoms with E-state index in [1.165, 1.54) is 30.7 Å². The number of rotatable bonds is 6. The fraction of sp³-hybridized carbons (Fsp3) is 0.409. The molecule has 4 nitrogen and oxygen atoms in total. The molecule has 0 radical (unpaired) electrons. The molecule has 0 saturated heterocycles. The van der Waals surface area contributed by atoms with Crippen LogP contribution in [0.1, 0.15) is 60.9 Å². The molecule has 2 aliphatic rings. The molecule has 0 N–H and O–H groups in total. The van der Waals surface area contributed by atoms with Gasteiger partial charge in [-0.3, -0.25) is 4.98 Å². The molecule has 0 amide bonds. The van der Waals surface area contributed by atoms with Gasteiger partial charge in [-0.2, -0.15) is 0 Å². The van der Waals surface area contributed by atoms with Crippen LogP contribution < -0.4 is 0 Å². The minimum atomic E-state index is -0.0436. The van der Waals surface area contributed by atoms with Crippen molar-refractivity contribution in [3.8, 4) is 0 Å². The maximum absolute atomic E-state index is 4.73. The third-order valence-electron chi connectivity index (χ3n) is 5.98. The van der Waals surface area contributed by atoms with E-state index in [0.29, 0.717) is 5.92 Å². The molecule has 2 aliphatic carbocycles. The quantitative estimate of drug-likeness (QED) is 0.671. The minimum absolute atomic E-state index is 0.0436. The Kier molecular flexibility index (Phi) is 3.84. The van der Waals surface area contributed by atoms with Gasteiger partial charge in [0, 0.05) is 18.7 Å². The Hall–Kier alpha value is -2.49. The molecule has 0 atom stereocenters. The topological polar surface area (TPSA) is 43.6 Å². The van der Waals surface area contributed by atoms with Crippen molar-refractivity contribution in [3.05, 3.63) is 77.6 Å². The first-order valence-electron chi connectivity index (χ1n) is 9.76. The van der Waals surface area contributed by atoms with E-state index in [1.807, 2.05) is 12.3 Å². The van der Waals surface area contributed by atoms with Gasteiger partial charge in [-0.25, -0.2) is 0 Å². The van der Waals surface area contributed by atoms with Crippen molar-refractivity contribution in [3.63, 3.8) is 0 Å². The zero-order valence-corrected chi connectivity index (χ0v) is 15.0. The third kappa shape index (κ3) is 2.64. The fourth-order valence-electron chi connectivity index (χ4n) is 4.19. The highest BCUT2D eigenvalue weighted by molar-refractivity contribution is 5.32. The lowest BCUT2D eigenvalue weighted by Gasteiger charge is -2.40. The lowest BCUT2D eigenvalue weighted by Crippen LogP contribution is -2.39. The zero-order valence-electron chi connectivity index (χ0n) is 15.0. The second kappa shape index (κ2) is 6.35. The van der Waals surface area contributed by atoms with Crippen molar-refractivity contribution in [2.45, 2.75) is 56.4 Å². The summed E-state index contributed by atoms with van der Waals surface area (Å²) in [5.41, 5.74) is 2.48. The molecule has 5 rings (SSSR count). The van der Waals surface area contributed by atoms with Gasteiger partial charge in [-0.1, -0.05) is 42.8 Å². The largest absolute Gasteiger partial charge is 0.314 e. The first-order valence-corrected chi connectivity index (χ1v) is 9.76. The van der Waals surface area contributed by atoms with Crippen LogP contribution in [0.25, 0.3) is 0 Å². The van der Waals surface area contributed by atoms with Crippen LogP contribution in [0.3, 0.4) is 0 Å². The summed E-state index contributed by atoms with van der Waals surface area (Å²) in [5, 5.41) is 9.38. The van der Waals surface area contributed by atoms with E-state index in [-0.39, 0.29) is 5.41 Å². The average molecular weight is 344 g/mol. The summed E-state index contributed by atoms with van der Waals surface area (Å²) in [6, 6.07) is 17.0. The first kappa shape index (κ1) is 15.7. The molecule has 2 heterocycles.